The molecule has 0 aliphatic carbocycles. The normalized spacial score (nSPS) is 13.3. The van der Waals surface area contributed by atoms with E-state index in [4.69, 9.17) is 0 Å². The number of hydrogen-bond acceptors (Lipinski definition) is 0. The topological polar surface area (TPSA) is 0 Å². The van der Waals surface area contributed by atoms with Crippen LogP contribution in [0.3, 0.4) is 0 Å². The Morgan fingerprint density at radius 2 is 1.05 bits per heavy atom. The SMILES string of the molecule is C[C-](C)C(C)(C)c1ccc(C(C)(C)C(C)(C)C)cc1.[Y]. The van der Waals surface area contributed by atoms with Crippen LogP contribution in [0.5, 0.6) is 0 Å². The quantitative estimate of drug-likeness (QED) is 0.597. The van der Waals surface area contributed by atoms with Crippen LogP contribution in [0.1, 0.15) is 73.4 Å². The Labute approximate surface area is 152 Å². The second-order valence-electron chi connectivity index (χ2n) is 8.08. The van der Waals surface area contributed by atoms with Crippen molar-refractivity contribution < 1.29 is 32.7 Å². The Morgan fingerprint density at radius 1 is 0.700 bits per heavy atom. The first-order valence-corrected chi connectivity index (χ1v) is 7.32. The molecule has 1 rings (SSSR count). The average molecular weight is 348 g/mol. The standard InChI is InChI=1S/C19H31.Y/c1-14(2)18(6,7)15-10-12-16(13-11-15)19(8,9)17(3,4)5;/h10-13H,1-9H3;/q-1;. The Hall–Kier alpha value is 0.324. The van der Waals surface area contributed by atoms with Crippen LogP contribution in [0.15, 0.2) is 24.3 Å². The Kier molecular flexibility index (Phi) is 6.72. The van der Waals surface area contributed by atoms with Gasteiger partial charge in [-0.1, -0.05) is 78.3 Å². The van der Waals surface area contributed by atoms with Gasteiger partial charge in [0.2, 0.25) is 0 Å². The molecule has 0 spiro atoms. The molecule has 0 unspecified atom stereocenters. The van der Waals surface area contributed by atoms with E-state index in [1.807, 2.05) is 0 Å². The molecule has 1 aromatic carbocycles. The number of hydrogen-bond donors (Lipinski definition) is 0. The van der Waals surface area contributed by atoms with Crippen molar-refractivity contribution in [2.45, 2.75) is 73.1 Å². The van der Waals surface area contributed by atoms with Crippen LogP contribution in [0.2, 0.25) is 0 Å². The van der Waals surface area contributed by atoms with Gasteiger partial charge in [-0.25, -0.2) is 0 Å². The van der Waals surface area contributed by atoms with Crippen LogP contribution in [0.4, 0.5) is 0 Å². The third-order valence-electron chi connectivity index (χ3n) is 5.45. The fraction of sp³-hybridized carbons (Fsp3) is 0.632. The molecule has 0 fully saturated rings. The van der Waals surface area contributed by atoms with Crippen molar-refractivity contribution in [3.63, 3.8) is 0 Å². The Morgan fingerprint density at radius 3 is 1.35 bits per heavy atom. The molecule has 0 saturated carbocycles. The van der Waals surface area contributed by atoms with Crippen LogP contribution >= 0.6 is 0 Å². The van der Waals surface area contributed by atoms with E-state index in [0.717, 1.165) is 0 Å². The summed E-state index contributed by atoms with van der Waals surface area (Å²) >= 11 is 0. The van der Waals surface area contributed by atoms with E-state index in [2.05, 4.69) is 86.6 Å². The summed E-state index contributed by atoms with van der Waals surface area (Å²) in [7, 11) is 0. The van der Waals surface area contributed by atoms with Gasteiger partial charge in [0, 0.05) is 32.7 Å². The van der Waals surface area contributed by atoms with Gasteiger partial charge in [0.05, 0.1) is 0 Å². The third-order valence-corrected chi connectivity index (χ3v) is 5.45. The van der Waals surface area contributed by atoms with Crippen LogP contribution in [-0.2, 0) is 43.5 Å². The number of benzene rings is 1. The van der Waals surface area contributed by atoms with E-state index in [1.165, 1.54) is 17.0 Å². The molecule has 0 N–H and O–H groups in total. The zero-order valence-corrected chi connectivity index (χ0v) is 17.7. The first-order chi connectivity index (χ1) is 8.40. The van der Waals surface area contributed by atoms with Crippen molar-refractivity contribution in [2.75, 3.05) is 0 Å². The van der Waals surface area contributed by atoms with E-state index >= 15 is 0 Å². The van der Waals surface area contributed by atoms with Gasteiger partial charge in [-0.2, -0.15) is 13.8 Å². The molecule has 0 saturated heterocycles. The number of rotatable bonds is 3. The predicted octanol–water partition coefficient (Wildman–Crippen LogP) is 5.90. The van der Waals surface area contributed by atoms with Gasteiger partial charge in [-0.05, 0) is 16.4 Å². The average Bonchev–Trinajstić information content (AvgIpc) is 2.27. The minimum Gasteiger partial charge on any atom is -0.310 e. The smallest absolute Gasteiger partial charge is 0 e. The largest absolute Gasteiger partial charge is 0.310 e. The molecule has 0 aliphatic heterocycles. The first kappa shape index (κ1) is 20.3. The molecule has 0 aliphatic rings. The van der Waals surface area contributed by atoms with Gasteiger partial charge < -0.3 is 5.92 Å². The maximum Gasteiger partial charge on any atom is 0 e. The summed E-state index contributed by atoms with van der Waals surface area (Å²) < 4.78 is 0. The zero-order valence-electron chi connectivity index (χ0n) is 14.9. The molecular formula is C19H31Y-. The zero-order chi connectivity index (χ0) is 15.1. The van der Waals surface area contributed by atoms with E-state index in [0.29, 0.717) is 0 Å². The van der Waals surface area contributed by atoms with Crippen molar-refractivity contribution in [1.29, 1.82) is 0 Å². The minimum atomic E-state index is 0. The second kappa shape index (κ2) is 6.61. The molecule has 0 heterocycles. The van der Waals surface area contributed by atoms with Crippen molar-refractivity contribution in [3.05, 3.63) is 41.3 Å². The molecule has 1 heteroatoms. The second-order valence-corrected chi connectivity index (χ2v) is 8.08. The van der Waals surface area contributed by atoms with Gasteiger partial charge in [0.25, 0.3) is 0 Å². The molecule has 1 radical (unpaired) electrons. The Balaban J connectivity index is 0.00000361. The molecule has 0 bridgehead atoms. The molecule has 0 amide bonds. The summed E-state index contributed by atoms with van der Waals surface area (Å²) in [5.41, 5.74) is 3.43. The molecule has 111 valence electrons. The van der Waals surface area contributed by atoms with Crippen LogP contribution in [0.25, 0.3) is 0 Å². The van der Waals surface area contributed by atoms with E-state index in [9.17, 15) is 0 Å². The van der Waals surface area contributed by atoms with Gasteiger partial charge in [0.1, 0.15) is 0 Å². The van der Waals surface area contributed by atoms with Crippen molar-refractivity contribution in [2.24, 2.45) is 5.41 Å². The van der Waals surface area contributed by atoms with Crippen LogP contribution < -0.4 is 0 Å². The minimum absolute atomic E-state index is 0. The molecule has 0 atom stereocenters. The summed E-state index contributed by atoms with van der Waals surface area (Å²) in [6, 6.07) is 9.22. The molecule has 1 aromatic rings. The van der Waals surface area contributed by atoms with Gasteiger partial charge >= 0.3 is 0 Å². The Bertz CT molecular complexity index is 416. The maximum atomic E-state index is 2.34. The fourth-order valence-corrected chi connectivity index (χ4v) is 2.03. The molecular weight excluding hydrogens is 317 g/mol. The summed E-state index contributed by atoms with van der Waals surface area (Å²) in [4.78, 5) is 0. The monoisotopic (exact) mass is 348 g/mol. The van der Waals surface area contributed by atoms with E-state index < -0.39 is 0 Å². The maximum absolute atomic E-state index is 2.34. The van der Waals surface area contributed by atoms with Gasteiger partial charge in [-0.3, -0.25) is 0 Å². The van der Waals surface area contributed by atoms with Gasteiger partial charge in [-0.15, -0.1) is 5.41 Å². The molecule has 0 nitrogen and oxygen atoms in total. The van der Waals surface area contributed by atoms with E-state index in [-0.39, 0.29) is 49.0 Å². The van der Waals surface area contributed by atoms with Gasteiger partial charge in [0.15, 0.2) is 0 Å². The third kappa shape index (κ3) is 3.95. The summed E-state index contributed by atoms with van der Waals surface area (Å²) in [6.45, 7) is 20.6. The van der Waals surface area contributed by atoms with Crippen molar-refractivity contribution in [1.82, 2.24) is 0 Å². The summed E-state index contributed by atoms with van der Waals surface area (Å²) in [6.07, 6.45) is 0. The van der Waals surface area contributed by atoms with Crippen molar-refractivity contribution in [3.8, 4) is 0 Å². The summed E-state index contributed by atoms with van der Waals surface area (Å²) in [5, 5.41) is 0. The predicted molar refractivity (Wildman–Crippen MR) is 86.5 cm³/mol. The first-order valence-electron chi connectivity index (χ1n) is 7.32. The van der Waals surface area contributed by atoms with E-state index in [1.54, 1.807) is 0 Å². The fourth-order valence-electron chi connectivity index (χ4n) is 2.03. The van der Waals surface area contributed by atoms with Crippen LogP contribution in [-0.4, -0.2) is 0 Å². The molecule has 20 heavy (non-hydrogen) atoms. The molecule has 0 aromatic heterocycles. The van der Waals surface area contributed by atoms with Crippen LogP contribution in [0, 0.1) is 11.3 Å². The summed E-state index contributed by atoms with van der Waals surface area (Å²) in [5.74, 6) is 1.45. The van der Waals surface area contributed by atoms with Crippen molar-refractivity contribution >= 4 is 0 Å².